The molecule has 1 aliphatic rings. The van der Waals surface area contributed by atoms with Crippen LogP contribution in [0.15, 0.2) is 30.3 Å². The molecule has 0 bridgehead atoms. The van der Waals surface area contributed by atoms with Gasteiger partial charge in [0.1, 0.15) is 0 Å². The molecule has 0 N–H and O–H groups in total. The summed E-state index contributed by atoms with van der Waals surface area (Å²) in [5.41, 5.74) is 0.232. The highest BCUT2D eigenvalue weighted by molar-refractivity contribution is 8.10. The van der Waals surface area contributed by atoms with Crippen molar-refractivity contribution in [3.8, 4) is 0 Å². The summed E-state index contributed by atoms with van der Waals surface area (Å²) in [4.78, 5) is 24.8. The van der Waals surface area contributed by atoms with Crippen molar-refractivity contribution in [2.24, 2.45) is 0 Å². The second kappa shape index (κ2) is 7.75. The lowest BCUT2D eigenvalue weighted by Gasteiger charge is -2.35. The summed E-state index contributed by atoms with van der Waals surface area (Å²) in [6, 6.07) is 7.72. The Kier molecular flexibility index (Phi) is 6.07. The van der Waals surface area contributed by atoms with Crippen LogP contribution in [0.3, 0.4) is 0 Å². The lowest BCUT2D eigenvalue weighted by molar-refractivity contribution is -0.145. The van der Waals surface area contributed by atoms with Crippen molar-refractivity contribution in [3.05, 3.63) is 35.9 Å². The predicted octanol–water partition coefficient (Wildman–Crippen LogP) is 0.434. The fraction of sp³-hybridized carbons (Fsp3) is 0.500. The molecule has 0 spiro atoms. The molecule has 1 saturated heterocycles. The smallest absolute Gasteiger partial charge is 0.325 e. The molecule has 0 aliphatic carbocycles. The molecule has 1 unspecified atom stereocenters. The quantitative estimate of drug-likeness (QED) is 0.648. The zero-order valence-electron chi connectivity index (χ0n) is 14.3. The predicted molar refractivity (Wildman–Crippen MR) is 92.7 cm³/mol. The summed E-state index contributed by atoms with van der Waals surface area (Å²) in [5.74, 6) is -3.60. The summed E-state index contributed by atoms with van der Waals surface area (Å²) in [7, 11) is -8.80. The van der Waals surface area contributed by atoms with Gasteiger partial charge in [-0.05, 0) is 19.4 Å². The van der Waals surface area contributed by atoms with Gasteiger partial charge in [0.2, 0.25) is 0 Å². The van der Waals surface area contributed by atoms with Gasteiger partial charge in [-0.25, -0.2) is 16.8 Å². The number of ether oxygens (including phenoxy) is 2. The van der Waals surface area contributed by atoms with Crippen molar-refractivity contribution in [2.75, 3.05) is 18.3 Å². The molecule has 1 aromatic rings. The van der Waals surface area contributed by atoms with Crippen LogP contribution in [0.4, 0.5) is 0 Å². The second-order valence-corrected chi connectivity index (χ2v) is 10.3. The number of carbonyl (C=O) groups is 2. The molecule has 1 aromatic carbocycles. The number of esters is 2. The van der Waals surface area contributed by atoms with E-state index in [-0.39, 0.29) is 18.8 Å². The van der Waals surface area contributed by atoms with Crippen LogP contribution in [0, 0.1) is 0 Å². The lowest BCUT2D eigenvalue weighted by Crippen LogP contribution is -2.55. The van der Waals surface area contributed by atoms with Crippen LogP contribution >= 0.6 is 0 Å². The maximum Gasteiger partial charge on any atom is 0.325 e. The van der Waals surface area contributed by atoms with Gasteiger partial charge in [-0.3, -0.25) is 9.59 Å². The molecular formula is C16H20O8S2. The molecule has 1 aliphatic heterocycles. The fourth-order valence-corrected chi connectivity index (χ4v) is 8.39. The summed E-state index contributed by atoms with van der Waals surface area (Å²) in [6.07, 6.45) is 0. The van der Waals surface area contributed by atoms with Crippen LogP contribution in [-0.2, 0) is 38.7 Å². The molecule has 0 amide bonds. The van der Waals surface area contributed by atoms with Crippen molar-refractivity contribution in [1.82, 2.24) is 0 Å². The third-order valence-electron chi connectivity index (χ3n) is 3.98. The molecule has 144 valence electrons. The molecule has 8 nitrogen and oxygen atoms in total. The highest BCUT2D eigenvalue weighted by Crippen LogP contribution is 2.39. The van der Waals surface area contributed by atoms with E-state index in [1.165, 1.54) is 26.0 Å². The van der Waals surface area contributed by atoms with Gasteiger partial charge in [-0.2, -0.15) is 0 Å². The Morgan fingerprint density at radius 2 is 1.31 bits per heavy atom. The third-order valence-corrected chi connectivity index (χ3v) is 9.12. The summed E-state index contributed by atoms with van der Waals surface area (Å²) in [6.45, 7) is 2.85. The van der Waals surface area contributed by atoms with Crippen molar-refractivity contribution < 1.29 is 35.9 Å². The van der Waals surface area contributed by atoms with E-state index in [4.69, 9.17) is 9.47 Å². The van der Waals surface area contributed by atoms with E-state index >= 15 is 0 Å². The summed E-state index contributed by atoms with van der Waals surface area (Å²) >= 11 is 0. The lowest BCUT2D eigenvalue weighted by atomic mass is 9.91. The first kappa shape index (κ1) is 20.4. The number of sulfone groups is 2. The van der Waals surface area contributed by atoms with Gasteiger partial charge in [0.15, 0.2) is 35.3 Å². The zero-order chi connectivity index (χ0) is 19.5. The Hall–Kier alpha value is -1.94. The average Bonchev–Trinajstić information content (AvgIpc) is 2.53. The van der Waals surface area contributed by atoms with Crippen molar-refractivity contribution >= 4 is 31.6 Å². The largest absolute Gasteiger partial charge is 0.465 e. The number of hydrogen-bond acceptors (Lipinski definition) is 8. The van der Waals surface area contributed by atoms with Gasteiger partial charge in [0.05, 0.1) is 13.2 Å². The van der Waals surface area contributed by atoms with Crippen molar-refractivity contribution in [3.63, 3.8) is 0 Å². The van der Waals surface area contributed by atoms with Crippen LogP contribution in [0.5, 0.6) is 0 Å². The molecule has 3 atom stereocenters. The summed E-state index contributed by atoms with van der Waals surface area (Å²) in [5, 5.41) is -4.92. The zero-order valence-corrected chi connectivity index (χ0v) is 16.0. The van der Waals surface area contributed by atoms with Crippen molar-refractivity contribution in [1.29, 1.82) is 0 Å². The molecular weight excluding hydrogens is 384 g/mol. The van der Waals surface area contributed by atoms with Gasteiger partial charge >= 0.3 is 11.9 Å². The minimum absolute atomic E-state index is 0.0802. The number of rotatable bonds is 5. The Labute approximate surface area is 152 Å². The highest BCUT2D eigenvalue weighted by Gasteiger charge is 2.58. The Morgan fingerprint density at radius 3 is 1.69 bits per heavy atom. The Balaban J connectivity index is 2.72. The van der Waals surface area contributed by atoms with E-state index < -0.39 is 53.1 Å². The highest BCUT2D eigenvalue weighted by atomic mass is 32.3. The van der Waals surface area contributed by atoms with E-state index in [2.05, 4.69) is 0 Å². The van der Waals surface area contributed by atoms with Crippen molar-refractivity contribution in [2.45, 2.75) is 30.3 Å². The standard InChI is InChI=1S/C16H20O8S2/c1-3-23-15(17)13-12(11-8-6-5-7-9-11)14(16(18)24-4-2)26(21,22)10-25(13,19)20/h5-9,12-14H,3-4,10H2,1-2H3/t12?,13-,14+. The number of benzene rings is 1. The first-order chi connectivity index (χ1) is 12.2. The Morgan fingerprint density at radius 1 is 0.885 bits per heavy atom. The second-order valence-electron chi connectivity index (χ2n) is 5.73. The number of hydrogen-bond donors (Lipinski definition) is 0. The molecule has 1 heterocycles. The molecule has 1 fully saturated rings. The van der Waals surface area contributed by atoms with Gasteiger partial charge < -0.3 is 9.47 Å². The first-order valence-electron chi connectivity index (χ1n) is 7.97. The minimum atomic E-state index is -4.40. The Bertz CT molecular complexity index is 820. The van der Waals surface area contributed by atoms with E-state index in [9.17, 15) is 26.4 Å². The first-order valence-corrected chi connectivity index (χ1v) is 11.4. The maximum atomic E-state index is 12.6. The van der Waals surface area contributed by atoms with Crippen LogP contribution in [-0.4, -0.2) is 57.6 Å². The topological polar surface area (TPSA) is 121 Å². The van der Waals surface area contributed by atoms with Crippen LogP contribution in [0.1, 0.15) is 25.3 Å². The van der Waals surface area contributed by atoms with Crippen LogP contribution < -0.4 is 0 Å². The number of carbonyl (C=O) groups excluding carboxylic acids is 2. The van der Waals surface area contributed by atoms with E-state index in [1.807, 2.05) is 0 Å². The van der Waals surface area contributed by atoms with Gasteiger partial charge in [0, 0.05) is 5.92 Å². The molecule has 0 radical (unpaired) electrons. The summed E-state index contributed by atoms with van der Waals surface area (Å²) < 4.78 is 60.1. The van der Waals surface area contributed by atoms with Gasteiger partial charge in [0.25, 0.3) is 0 Å². The normalized spacial score (nSPS) is 26.6. The van der Waals surface area contributed by atoms with Crippen LogP contribution in [0.2, 0.25) is 0 Å². The molecule has 26 heavy (non-hydrogen) atoms. The molecule has 0 saturated carbocycles. The van der Waals surface area contributed by atoms with E-state index in [1.54, 1.807) is 18.2 Å². The monoisotopic (exact) mass is 404 g/mol. The maximum absolute atomic E-state index is 12.6. The van der Waals surface area contributed by atoms with E-state index in [0.29, 0.717) is 0 Å². The molecule has 10 heteroatoms. The van der Waals surface area contributed by atoms with Crippen LogP contribution in [0.25, 0.3) is 0 Å². The van der Waals surface area contributed by atoms with E-state index in [0.717, 1.165) is 0 Å². The van der Waals surface area contributed by atoms with Gasteiger partial charge in [-0.15, -0.1) is 0 Å². The molecule has 0 aromatic heterocycles. The fourth-order valence-electron chi connectivity index (χ4n) is 3.04. The van der Waals surface area contributed by atoms with Gasteiger partial charge in [-0.1, -0.05) is 30.3 Å². The molecule has 2 rings (SSSR count). The SMILES string of the molecule is CCOC(=O)[C@@H]1C(c2ccccc2)[C@H](C(=O)OCC)S(=O)(=O)CS1(=O)=O. The average molecular weight is 404 g/mol. The minimum Gasteiger partial charge on any atom is -0.465 e. The third kappa shape index (κ3) is 3.90.